The highest BCUT2D eigenvalue weighted by Crippen LogP contribution is 2.45. The first kappa shape index (κ1) is 34.2. The van der Waals surface area contributed by atoms with E-state index in [2.05, 4.69) is 136 Å². The molecule has 17 heteroatoms. The number of nitrogens with two attached hydrogens (primary N) is 1. The highest BCUT2D eigenvalue weighted by atomic mass is 32.2. The Morgan fingerprint density at radius 2 is 1.57 bits per heavy atom. The van der Waals surface area contributed by atoms with Crippen molar-refractivity contribution in [3.63, 3.8) is 0 Å². The number of benzene rings is 2. The van der Waals surface area contributed by atoms with Crippen molar-refractivity contribution in [3.05, 3.63) is 76.6 Å². The average molecular weight is 749 g/mol. The highest BCUT2D eigenvalue weighted by Gasteiger charge is 2.41. The van der Waals surface area contributed by atoms with Crippen molar-refractivity contribution >= 4 is 149 Å². The zero-order chi connectivity index (χ0) is 31.0. The van der Waals surface area contributed by atoms with Crippen LogP contribution in [0.3, 0.4) is 0 Å². The van der Waals surface area contributed by atoms with Crippen LogP contribution < -0.4 is 20.8 Å². The van der Waals surface area contributed by atoms with Crippen molar-refractivity contribution in [2.75, 3.05) is 5.73 Å². The summed E-state index contributed by atoms with van der Waals surface area (Å²) in [5.74, 6) is 0.626. The van der Waals surface area contributed by atoms with Crippen LogP contribution in [0.1, 0.15) is 5.56 Å². The first-order chi connectivity index (χ1) is 19.4. The molecule has 0 amide bonds. The molecule has 0 spiro atoms. The van der Waals surface area contributed by atoms with Crippen LogP contribution in [0.2, 0.25) is 0 Å². The van der Waals surface area contributed by atoms with Gasteiger partial charge in [0.25, 0.3) is 5.56 Å². The fraction of sp³-hybridized carbons (Fsp3) is 0.160. The van der Waals surface area contributed by atoms with E-state index in [0.717, 1.165) is 0 Å². The van der Waals surface area contributed by atoms with E-state index in [1.807, 2.05) is 0 Å². The Balaban J connectivity index is 1.94. The number of aromatic nitrogens is 2. The first-order valence-corrected chi connectivity index (χ1v) is 16.2. The van der Waals surface area contributed by atoms with Crippen LogP contribution in [0.5, 0.6) is 11.6 Å². The minimum atomic E-state index is -1.55. The average Bonchev–Trinajstić information content (AvgIpc) is 2.87. The number of nitrogens with zero attached hydrogens (tertiary/aromatic N) is 3. The van der Waals surface area contributed by atoms with Gasteiger partial charge in [-0.3, -0.25) is 14.4 Å². The molecule has 4 rings (SSSR count). The van der Waals surface area contributed by atoms with Gasteiger partial charge >= 0.3 is 0 Å². The van der Waals surface area contributed by atoms with Gasteiger partial charge in [-0.2, -0.15) is 4.98 Å². The van der Waals surface area contributed by atoms with E-state index in [0.29, 0.717) is 44.8 Å². The van der Waals surface area contributed by atoms with Crippen molar-refractivity contribution in [1.29, 1.82) is 0 Å². The number of ether oxygens (including phenoxy) is 2. The van der Waals surface area contributed by atoms with Crippen LogP contribution >= 0.6 is 126 Å². The van der Waals surface area contributed by atoms with E-state index in [1.165, 1.54) is 10.8 Å². The van der Waals surface area contributed by atoms with Gasteiger partial charge in [0.15, 0.2) is 17.4 Å². The van der Waals surface area contributed by atoms with Crippen LogP contribution in [-0.4, -0.2) is 31.7 Å². The smallest absolute Gasteiger partial charge is 0.264 e. The Bertz CT molecular complexity index is 1700. The lowest BCUT2D eigenvalue weighted by Gasteiger charge is -2.33. The summed E-state index contributed by atoms with van der Waals surface area (Å²) in [6.07, 6.45) is 1.50. The lowest BCUT2D eigenvalue weighted by atomic mass is 10.0. The van der Waals surface area contributed by atoms with Gasteiger partial charge in [-0.15, -0.1) is 126 Å². The SMILES string of the molecule is Nc1ccc(-c2cc3ccc(OC(S)(S)C(S)(S)S)nc3n(-c3ccc(OC(S)S)cc3)c2=O)cc1/C=N/C(S)(S)S. The maximum absolute atomic E-state index is 14.2. The Morgan fingerprint density at radius 1 is 0.905 bits per heavy atom. The van der Waals surface area contributed by atoms with E-state index >= 15 is 0 Å². The molecule has 0 atom stereocenters. The topological polar surface area (TPSA) is 91.7 Å². The molecule has 0 unspecified atom stereocenters. The van der Waals surface area contributed by atoms with Crippen LogP contribution in [0.4, 0.5) is 5.69 Å². The van der Waals surface area contributed by atoms with Gasteiger partial charge in [0.2, 0.25) is 10.1 Å². The van der Waals surface area contributed by atoms with E-state index in [1.54, 1.807) is 60.7 Å². The number of thiol groups is 10. The number of aliphatic imine (C=N–C) groups is 1. The highest BCUT2D eigenvalue weighted by molar-refractivity contribution is 8.20. The van der Waals surface area contributed by atoms with Crippen LogP contribution in [0.15, 0.2) is 70.5 Å². The molecule has 2 heterocycles. The second-order valence-electron chi connectivity index (χ2n) is 8.75. The standard InChI is InChI=1S/C25H24N4O3S10/c26-18-7-1-12(9-14(18)11-27-25(40,41)42)17-10-13-2-8-19(32-23(35,36)24(37,38)39)28-20(13)29(21(17)30)15-3-5-16(6-4-15)31-22(33)34/h1-11,22,33-42H,26H2/b27-11+. The van der Waals surface area contributed by atoms with Gasteiger partial charge in [-0.1, -0.05) is 6.07 Å². The number of pyridine rings is 2. The summed E-state index contributed by atoms with van der Waals surface area (Å²) in [7, 11) is 0. The molecule has 0 aliphatic rings. The maximum atomic E-state index is 14.2. The molecule has 7 nitrogen and oxygen atoms in total. The first-order valence-electron chi connectivity index (χ1n) is 11.6. The van der Waals surface area contributed by atoms with E-state index in [-0.39, 0.29) is 11.4 Å². The van der Waals surface area contributed by atoms with Crippen LogP contribution in [0, 0.1) is 0 Å². The third kappa shape index (κ3) is 8.34. The monoisotopic (exact) mass is 748 g/mol. The van der Waals surface area contributed by atoms with Gasteiger partial charge in [-0.25, -0.2) is 0 Å². The summed E-state index contributed by atoms with van der Waals surface area (Å²) < 4.78 is 8.11. The largest absolute Gasteiger partial charge is 0.470 e. The molecule has 2 aromatic carbocycles. The summed E-state index contributed by atoms with van der Waals surface area (Å²) in [5.41, 5.74) is 8.60. The summed E-state index contributed by atoms with van der Waals surface area (Å²) in [6.45, 7) is 0. The number of fused-ring (bicyclic) bond motifs is 1. The summed E-state index contributed by atoms with van der Waals surface area (Å²) >= 11 is 42.4. The maximum Gasteiger partial charge on any atom is 0.264 e. The molecule has 2 aromatic heterocycles. The Morgan fingerprint density at radius 3 is 2.17 bits per heavy atom. The third-order valence-electron chi connectivity index (χ3n) is 5.62. The van der Waals surface area contributed by atoms with Gasteiger partial charge in [0.1, 0.15) is 5.75 Å². The number of hydrogen-bond donors (Lipinski definition) is 11. The molecule has 4 aromatic rings. The molecule has 0 radical (unpaired) electrons. The van der Waals surface area contributed by atoms with Crippen LogP contribution in [-0.2, 0) is 0 Å². The normalized spacial score (nSPS) is 12.8. The molecule has 0 saturated carbocycles. The number of nitrogen functional groups attached to an aromatic ring is 1. The summed E-state index contributed by atoms with van der Waals surface area (Å²) in [4.78, 5) is 23.0. The fourth-order valence-corrected chi connectivity index (χ4v) is 4.43. The minimum Gasteiger partial charge on any atom is -0.470 e. The lowest BCUT2D eigenvalue weighted by Crippen LogP contribution is -2.38. The van der Waals surface area contributed by atoms with E-state index in [9.17, 15) is 4.79 Å². The lowest BCUT2D eigenvalue weighted by molar-refractivity contribution is 0.262. The Labute approximate surface area is 297 Å². The van der Waals surface area contributed by atoms with E-state index in [4.69, 9.17) is 15.2 Å². The minimum absolute atomic E-state index is 0.114. The number of anilines is 1. The van der Waals surface area contributed by atoms with Crippen molar-refractivity contribution in [2.24, 2.45) is 4.99 Å². The molecule has 2 N–H and O–H groups in total. The summed E-state index contributed by atoms with van der Waals surface area (Å²) in [6, 6.07) is 17.1. The molecular weight excluding hydrogens is 725 g/mol. The number of rotatable bonds is 9. The molecule has 222 valence electrons. The van der Waals surface area contributed by atoms with Gasteiger partial charge < -0.3 is 15.2 Å². The second-order valence-corrected chi connectivity index (χ2v) is 17.8. The Hall–Kier alpha value is -0.630. The van der Waals surface area contributed by atoms with Crippen molar-refractivity contribution in [3.8, 4) is 28.4 Å². The van der Waals surface area contributed by atoms with Crippen molar-refractivity contribution in [1.82, 2.24) is 9.55 Å². The molecule has 0 bridgehead atoms. The molecule has 0 saturated heterocycles. The van der Waals surface area contributed by atoms with Crippen LogP contribution in [0.25, 0.3) is 27.8 Å². The van der Waals surface area contributed by atoms with Crippen molar-refractivity contribution in [2.45, 2.75) is 16.0 Å². The zero-order valence-corrected chi connectivity index (χ0v) is 30.0. The Kier molecular flexibility index (Phi) is 10.9. The summed E-state index contributed by atoms with van der Waals surface area (Å²) in [5, 5.41) is 0.632. The zero-order valence-electron chi connectivity index (χ0n) is 21.0. The predicted octanol–water partition coefficient (Wildman–Crippen LogP) is 6.31. The fourth-order valence-electron chi connectivity index (χ4n) is 3.69. The quantitative estimate of drug-likeness (QED) is 0.0428. The van der Waals surface area contributed by atoms with E-state index < -0.39 is 16.0 Å². The van der Waals surface area contributed by atoms with Gasteiger partial charge in [0, 0.05) is 34.5 Å². The third-order valence-corrected chi connectivity index (χ3v) is 9.03. The molecule has 0 aliphatic heterocycles. The number of hydrogen-bond acceptors (Lipinski definition) is 16. The molecular formula is C25H24N4O3S10. The van der Waals surface area contributed by atoms with Crippen molar-refractivity contribution < 1.29 is 9.47 Å². The molecule has 42 heavy (non-hydrogen) atoms. The van der Waals surface area contributed by atoms with Gasteiger partial charge in [0.05, 0.1) is 5.69 Å². The molecule has 0 fully saturated rings. The van der Waals surface area contributed by atoms with Gasteiger partial charge in [-0.05, 0) is 54.1 Å². The molecule has 0 aliphatic carbocycles. The predicted molar refractivity (Wildman–Crippen MR) is 208 cm³/mol. The second kappa shape index (κ2) is 13.4.